The summed E-state index contributed by atoms with van der Waals surface area (Å²) in [6.45, 7) is 0. The molecule has 2 nitrogen and oxygen atoms in total. The van der Waals surface area contributed by atoms with Crippen molar-refractivity contribution in [3.05, 3.63) is 62.5 Å². The molecule has 2 rings (SSSR count). The molecule has 0 aliphatic heterocycles. The van der Waals surface area contributed by atoms with Gasteiger partial charge in [-0.3, -0.25) is 0 Å². The highest BCUT2D eigenvalue weighted by molar-refractivity contribution is 9.10. The first-order valence-electron chi connectivity index (χ1n) is 5.85. The lowest BCUT2D eigenvalue weighted by Crippen LogP contribution is -2.01. The van der Waals surface area contributed by atoms with Gasteiger partial charge in [0.05, 0.1) is 12.7 Å². The Morgan fingerprint density at radius 1 is 1.20 bits per heavy atom. The van der Waals surface area contributed by atoms with Crippen LogP contribution in [0.3, 0.4) is 0 Å². The summed E-state index contributed by atoms with van der Waals surface area (Å²) in [5.41, 5.74) is 1.69. The fraction of sp³-hybridized carbons (Fsp3) is 0.133. The standard InChI is InChI=1S/C15H12Br2O2S/c1-19-15(18)10-5-6-11(14(17)7-10)9-20-13-4-2-3-12(16)8-13/h2-8H,9H2,1H3. The van der Waals surface area contributed by atoms with Gasteiger partial charge in [0.15, 0.2) is 0 Å². The lowest BCUT2D eigenvalue weighted by atomic mass is 10.1. The van der Waals surface area contributed by atoms with Gasteiger partial charge in [0.1, 0.15) is 0 Å². The van der Waals surface area contributed by atoms with Crippen LogP contribution in [0.5, 0.6) is 0 Å². The second-order valence-corrected chi connectivity index (χ2v) is 6.86. The van der Waals surface area contributed by atoms with Crippen molar-refractivity contribution in [2.75, 3.05) is 7.11 Å². The Kier molecular flexibility index (Phi) is 5.69. The van der Waals surface area contributed by atoms with E-state index in [0.717, 1.165) is 20.3 Å². The van der Waals surface area contributed by atoms with Gasteiger partial charge in [-0.1, -0.05) is 44.0 Å². The first-order valence-corrected chi connectivity index (χ1v) is 8.42. The predicted molar refractivity (Wildman–Crippen MR) is 89.2 cm³/mol. The number of thioether (sulfide) groups is 1. The van der Waals surface area contributed by atoms with E-state index in [1.165, 1.54) is 12.0 Å². The molecule has 5 heteroatoms. The summed E-state index contributed by atoms with van der Waals surface area (Å²) in [6.07, 6.45) is 0. The van der Waals surface area contributed by atoms with Crippen LogP contribution in [0, 0.1) is 0 Å². The molecule has 2 aromatic rings. The SMILES string of the molecule is COC(=O)c1ccc(CSc2cccc(Br)c2)c(Br)c1. The summed E-state index contributed by atoms with van der Waals surface area (Å²) >= 11 is 8.71. The molecule has 0 atom stereocenters. The lowest BCUT2D eigenvalue weighted by Gasteiger charge is -2.07. The first kappa shape index (κ1) is 15.6. The lowest BCUT2D eigenvalue weighted by molar-refractivity contribution is 0.0600. The molecule has 0 saturated carbocycles. The number of esters is 1. The number of hydrogen-bond acceptors (Lipinski definition) is 3. The summed E-state index contributed by atoms with van der Waals surface area (Å²) in [6, 6.07) is 13.7. The predicted octanol–water partition coefficient (Wildman–Crippen LogP) is 5.29. The van der Waals surface area contributed by atoms with Gasteiger partial charge in [-0.25, -0.2) is 4.79 Å². The van der Waals surface area contributed by atoms with Crippen LogP contribution >= 0.6 is 43.6 Å². The third-order valence-corrected chi connectivity index (χ3v) is 4.94. The van der Waals surface area contributed by atoms with Gasteiger partial charge < -0.3 is 4.74 Å². The molecule has 0 aromatic heterocycles. The van der Waals surface area contributed by atoms with Gasteiger partial charge in [0.25, 0.3) is 0 Å². The normalized spacial score (nSPS) is 10.3. The van der Waals surface area contributed by atoms with E-state index in [-0.39, 0.29) is 5.97 Å². The molecule has 0 aliphatic rings. The van der Waals surface area contributed by atoms with E-state index in [2.05, 4.69) is 44.0 Å². The summed E-state index contributed by atoms with van der Waals surface area (Å²) in [5.74, 6) is 0.510. The summed E-state index contributed by atoms with van der Waals surface area (Å²) in [4.78, 5) is 12.6. The van der Waals surface area contributed by atoms with Gasteiger partial charge in [-0.2, -0.15) is 0 Å². The fourth-order valence-corrected chi connectivity index (χ4v) is 3.84. The number of rotatable bonds is 4. The van der Waals surface area contributed by atoms with Crippen LogP contribution in [0.4, 0.5) is 0 Å². The number of hydrogen-bond donors (Lipinski definition) is 0. The van der Waals surface area contributed by atoms with Gasteiger partial charge in [0.2, 0.25) is 0 Å². The topological polar surface area (TPSA) is 26.3 Å². The Bertz CT molecular complexity index is 629. The largest absolute Gasteiger partial charge is 0.465 e. The highest BCUT2D eigenvalue weighted by atomic mass is 79.9. The van der Waals surface area contributed by atoms with E-state index >= 15 is 0 Å². The molecule has 20 heavy (non-hydrogen) atoms. The third-order valence-electron chi connectivity index (χ3n) is 2.66. The Hall–Kier alpha value is -0.780. The van der Waals surface area contributed by atoms with Gasteiger partial charge >= 0.3 is 5.97 Å². The van der Waals surface area contributed by atoms with Gasteiger partial charge in [-0.05, 0) is 35.9 Å². The molecular formula is C15H12Br2O2S. The summed E-state index contributed by atoms with van der Waals surface area (Å²) in [7, 11) is 1.38. The van der Waals surface area contributed by atoms with E-state index < -0.39 is 0 Å². The average molecular weight is 416 g/mol. The number of halogens is 2. The number of ether oxygens (including phenoxy) is 1. The van der Waals surface area contributed by atoms with Crippen LogP contribution in [0.1, 0.15) is 15.9 Å². The summed E-state index contributed by atoms with van der Waals surface area (Å²) in [5, 5.41) is 0. The Morgan fingerprint density at radius 2 is 2.00 bits per heavy atom. The average Bonchev–Trinajstić information content (AvgIpc) is 2.45. The number of benzene rings is 2. The molecule has 0 spiro atoms. The number of carbonyl (C=O) groups is 1. The van der Waals surface area contributed by atoms with Crippen LogP contribution in [-0.2, 0) is 10.5 Å². The van der Waals surface area contributed by atoms with E-state index in [4.69, 9.17) is 4.74 Å². The Balaban J connectivity index is 2.08. The molecule has 104 valence electrons. The van der Waals surface area contributed by atoms with Crippen LogP contribution in [0.25, 0.3) is 0 Å². The van der Waals surface area contributed by atoms with Crippen molar-refractivity contribution >= 4 is 49.6 Å². The minimum atomic E-state index is -0.322. The smallest absolute Gasteiger partial charge is 0.337 e. The minimum Gasteiger partial charge on any atom is -0.465 e. The molecule has 0 unspecified atom stereocenters. The van der Waals surface area contributed by atoms with Crippen LogP contribution < -0.4 is 0 Å². The van der Waals surface area contributed by atoms with Crippen molar-refractivity contribution < 1.29 is 9.53 Å². The molecule has 0 N–H and O–H groups in total. The molecule has 0 saturated heterocycles. The van der Waals surface area contributed by atoms with Crippen molar-refractivity contribution in [1.82, 2.24) is 0 Å². The Labute approximate surface area is 139 Å². The van der Waals surface area contributed by atoms with Crippen molar-refractivity contribution in [2.24, 2.45) is 0 Å². The maximum absolute atomic E-state index is 11.4. The molecule has 0 radical (unpaired) electrons. The molecule has 0 aliphatic carbocycles. The monoisotopic (exact) mass is 414 g/mol. The highest BCUT2D eigenvalue weighted by Crippen LogP contribution is 2.29. The zero-order valence-corrected chi connectivity index (χ0v) is 14.7. The summed E-state index contributed by atoms with van der Waals surface area (Å²) < 4.78 is 6.69. The van der Waals surface area contributed by atoms with Crippen LogP contribution in [0.2, 0.25) is 0 Å². The zero-order valence-electron chi connectivity index (χ0n) is 10.7. The van der Waals surface area contributed by atoms with Gasteiger partial charge in [-0.15, -0.1) is 11.8 Å². The minimum absolute atomic E-state index is 0.322. The van der Waals surface area contributed by atoms with Gasteiger partial charge in [0, 0.05) is 19.6 Å². The van der Waals surface area contributed by atoms with Crippen molar-refractivity contribution in [3.63, 3.8) is 0 Å². The molecule has 2 aromatic carbocycles. The molecule has 0 bridgehead atoms. The highest BCUT2D eigenvalue weighted by Gasteiger charge is 2.08. The second-order valence-electron chi connectivity index (χ2n) is 4.04. The van der Waals surface area contributed by atoms with Crippen molar-refractivity contribution in [1.29, 1.82) is 0 Å². The van der Waals surface area contributed by atoms with Crippen molar-refractivity contribution in [3.8, 4) is 0 Å². The van der Waals surface area contributed by atoms with Crippen molar-refractivity contribution in [2.45, 2.75) is 10.6 Å². The number of carbonyl (C=O) groups excluding carboxylic acids is 1. The quantitative estimate of drug-likeness (QED) is 0.501. The van der Waals surface area contributed by atoms with Crippen LogP contribution in [0.15, 0.2) is 56.3 Å². The van der Waals surface area contributed by atoms with E-state index in [1.807, 2.05) is 18.2 Å². The zero-order chi connectivity index (χ0) is 14.5. The molecular weight excluding hydrogens is 404 g/mol. The molecule has 0 fully saturated rings. The maximum Gasteiger partial charge on any atom is 0.337 e. The fourth-order valence-electron chi connectivity index (χ4n) is 1.63. The molecule has 0 heterocycles. The molecule has 0 amide bonds. The number of methoxy groups -OCH3 is 1. The van der Waals surface area contributed by atoms with E-state index in [0.29, 0.717) is 5.56 Å². The third kappa shape index (κ3) is 4.11. The van der Waals surface area contributed by atoms with E-state index in [1.54, 1.807) is 23.9 Å². The maximum atomic E-state index is 11.4. The van der Waals surface area contributed by atoms with Crippen LogP contribution in [-0.4, -0.2) is 13.1 Å². The second kappa shape index (κ2) is 7.29. The first-order chi connectivity index (χ1) is 9.60. The Morgan fingerprint density at radius 3 is 2.65 bits per heavy atom. The van der Waals surface area contributed by atoms with E-state index in [9.17, 15) is 4.79 Å².